The maximum atomic E-state index is 11.5. The van der Waals surface area contributed by atoms with Crippen molar-refractivity contribution in [2.24, 2.45) is 0 Å². The van der Waals surface area contributed by atoms with Crippen LogP contribution in [0.3, 0.4) is 0 Å². The van der Waals surface area contributed by atoms with Crippen LogP contribution < -0.4 is 15.8 Å². The fourth-order valence-electron chi connectivity index (χ4n) is 1.52. The van der Waals surface area contributed by atoms with Crippen LogP contribution in [0, 0.1) is 0 Å². The van der Waals surface area contributed by atoms with Crippen LogP contribution in [0.5, 0.6) is 5.75 Å². The molecule has 0 fully saturated rings. The van der Waals surface area contributed by atoms with E-state index < -0.39 is 5.97 Å². The first-order chi connectivity index (χ1) is 9.58. The van der Waals surface area contributed by atoms with Crippen LogP contribution in [0.1, 0.15) is 30.1 Å². The number of hydrogen-bond acceptors (Lipinski definition) is 5. The van der Waals surface area contributed by atoms with Crippen molar-refractivity contribution in [3.63, 3.8) is 0 Å². The third-order valence-corrected chi connectivity index (χ3v) is 2.64. The van der Waals surface area contributed by atoms with E-state index >= 15 is 0 Å². The van der Waals surface area contributed by atoms with Gasteiger partial charge in [0, 0.05) is 6.54 Å². The first kappa shape index (κ1) is 15.8. The summed E-state index contributed by atoms with van der Waals surface area (Å²) in [4.78, 5) is 22.8. The van der Waals surface area contributed by atoms with Crippen LogP contribution in [0.2, 0.25) is 0 Å². The number of amides is 1. The van der Waals surface area contributed by atoms with Gasteiger partial charge < -0.3 is 20.5 Å². The third-order valence-electron chi connectivity index (χ3n) is 2.64. The number of esters is 1. The Morgan fingerprint density at radius 3 is 2.70 bits per heavy atom. The number of nitrogens with two attached hydrogens (primary N) is 1. The minimum atomic E-state index is -0.472. The molecule has 0 saturated heterocycles. The summed E-state index contributed by atoms with van der Waals surface area (Å²) in [5, 5.41) is 2.73. The average molecular weight is 280 g/mol. The second kappa shape index (κ2) is 8.04. The summed E-state index contributed by atoms with van der Waals surface area (Å²) in [5.41, 5.74) is 6.38. The Morgan fingerprint density at radius 2 is 2.10 bits per heavy atom. The predicted octanol–water partition coefficient (Wildman–Crippen LogP) is 1.35. The van der Waals surface area contributed by atoms with E-state index in [2.05, 4.69) is 10.1 Å². The standard InChI is InChI=1S/C14H20N2O4/c1-3-4-7-16-13(17)9-20-12-6-5-10(8-11(12)15)14(18)19-2/h5-6,8H,3-4,7,9,15H2,1-2H3,(H,16,17). The second-order valence-electron chi connectivity index (χ2n) is 4.24. The molecule has 1 amide bonds. The van der Waals surface area contributed by atoms with Gasteiger partial charge in [-0.1, -0.05) is 13.3 Å². The minimum absolute atomic E-state index is 0.106. The van der Waals surface area contributed by atoms with Crippen LogP contribution >= 0.6 is 0 Å². The SMILES string of the molecule is CCCCNC(=O)COc1ccc(C(=O)OC)cc1N. The van der Waals surface area contributed by atoms with Crippen LogP contribution in [0.25, 0.3) is 0 Å². The molecule has 1 aromatic rings. The number of nitrogen functional groups attached to an aromatic ring is 1. The molecule has 1 rings (SSSR count). The van der Waals surface area contributed by atoms with E-state index in [0.29, 0.717) is 17.9 Å². The van der Waals surface area contributed by atoms with Gasteiger partial charge in [-0.25, -0.2) is 4.79 Å². The van der Waals surface area contributed by atoms with Gasteiger partial charge in [-0.15, -0.1) is 0 Å². The minimum Gasteiger partial charge on any atom is -0.482 e. The van der Waals surface area contributed by atoms with Crippen LogP contribution in [0.4, 0.5) is 5.69 Å². The number of unbranched alkanes of at least 4 members (excludes halogenated alkanes) is 1. The van der Waals surface area contributed by atoms with Gasteiger partial charge in [0.1, 0.15) is 5.75 Å². The molecule has 0 heterocycles. The monoisotopic (exact) mass is 280 g/mol. The van der Waals surface area contributed by atoms with Crippen molar-refractivity contribution in [1.82, 2.24) is 5.32 Å². The highest BCUT2D eigenvalue weighted by Crippen LogP contribution is 2.22. The summed E-state index contributed by atoms with van der Waals surface area (Å²) in [7, 11) is 1.30. The maximum absolute atomic E-state index is 11.5. The normalized spacial score (nSPS) is 9.90. The number of benzene rings is 1. The molecule has 110 valence electrons. The largest absolute Gasteiger partial charge is 0.482 e. The van der Waals surface area contributed by atoms with E-state index in [1.54, 1.807) is 6.07 Å². The molecule has 1 aromatic carbocycles. The van der Waals surface area contributed by atoms with Crippen molar-refractivity contribution in [3.8, 4) is 5.75 Å². The van der Waals surface area contributed by atoms with Crippen LogP contribution in [-0.4, -0.2) is 32.1 Å². The lowest BCUT2D eigenvalue weighted by Gasteiger charge is -2.10. The summed E-state index contributed by atoms with van der Waals surface area (Å²) in [6.07, 6.45) is 1.95. The average Bonchev–Trinajstić information content (AvgIpc) is 2.45. The summed E-state index contributed by atoms with van der Waals surface area (Å²) in [5.74, 6) is -0.307. The van der Waals surface area contributed by atoms with E-state index in [1.807, 2.05) is 6.92 Å². The van der Waals surface area contributed by atoms with Crippen molar-refractivity contribution in [2.45, 2.75) is 19.8 Å². The molecular weight excluding hydrogens is 260 g/mol. The zero-order valence-electron chi connectivity index (χ0n) is 11.8. The van der Waals surface area contributed by atoms with Gasteiger partial charge in [0.25, 0.3) is 5.91 Å². The van der Waals surface area contributed by atoms with E-state index in [1.165, 1.54) is 19.2 Å². The van der Waals surface area contributed by atoms with Gasteiger partial charge in [-0.05, 0) is 24.6 Å². The number of methoxy groups -OCH3 is 1. The zero-order chi connectivity index (χ0) is 15.0. The number of nitrogens with one attached hydrogen (secondary N) is 1. The van der Waals surface area contributed by atoms with Gasteiger partial charge in [0.15, 0.2) is 6.61 Å². The third kappa shape index (κ3) is 4.79. The van der Waals surface area contributed by atoms with Crippen molar-refractivity contribution in [2.75, 3.05) is 26.0 Å². The Balaban J connectivity index is 2.52. The molecule has 0 aliphatic heterocycles. The van der Waals surface area contributed by atoms with E-state index in [0.717, 1.165) is 12.8 Å². The Hall–Kier alpha value is -2.24. The lowest BCUT2D eigenvalue weighted by molar-refractivity contribution is -0.123. The Kier molecular flexibility index (Phi) is 6.36. The van der Waals surface area contributed by atoms with Crippen LogP contribution in [-0.2, 0) is 9.53 Å². The van der Waals surface area contributed by atoms with Crippen molar-refractivity contribution in [1.29, 1.82) is 0 Å². The molecule has 0 saturated carbocycles. The highest BCUT2D eigenvalue weighted by Gasteiger charge is 2.10. The molecule has 0 unspecified atom stereocenters. The fourth-order valence-corrected chi connectivity index (χ4v) is 1.52. The number of ether oxygens (including phenoxy) is 2. The first-order valence-corrected chi connectivity index (χ1v) is 6.45. The maximum Gasteiger partial charge on any atom is 0.337 e. The number of carbonyl (C=O) groups excluding carboxylic acids is 2. The highest BCUT2D eigenvalue weighted by molar-refractivity contribution is 5.91. The molecule has 3 N–H and O–H groups in total. The van der Waals surface area contributed by atoms with Crippen molar-refractivity contribution >= 4 is 17.6 Å². The van der Waals surface area contributed by atoms with Crippen molar-refractivity contribution < 1.29 is 19.1 Å². The molecule has 0 aromatic heterocycles. The first-order valence-electron chi connectivity index (χ1n) is 6.45. The van der Waals surface area contributed by atoms with Gasteiger partial charge >= 0.3 is 5.97 Å². The van der Waals surface area contributed by atoms with Gasteiger partial charge in [-0.3, -0.25) is 4.79 Å². The summed E-state index contributed by atoms with van der Waals surface area (Å²) < 4.78 is 9.89. The molecule has 20 heavy (non-hydrogen) atoms. The summed E-state index contributed by atoms with van der Waals surface area (Å²) in [6.45, 7) is 2.58. The highest BCUT2D eigenvalue weighted by atomic mass is 16.5. The second-order valence-corrected chi connectivity index (χ2v) is 4.24. The van der Waals surface area contributed by atoms with Gasteiger partial charge in [0.2, 0.25) is 0 Å². The molecule has 6 heteroatoms. The number of rotatable bonds is 7. The molecule has 0 atom stereocenters. The van der Waals surface area contributed by atoms with E-state index in [-0.39, 0.29) is 18.2 Å². The number of hydrogen-bond donors (Lipinski definition) is 2. The Morgan fingerprint density at radius 1 is 1.35 bits per heavy atom. The van der Waals surface area contributed by atoms with E-state index in [4.69, 9.17) is 10.5 Å². The summed E-state index contributed by atoms with van der Waals surface area (Å²) >= 11 is 0. The molecule has 6 nitrogen and oxygen atoms in total. The number of anilines is 1. The summed E-state index contributed by atoms with van der Waals surface area (Å²) in [6, 6.07) is 4.53. The predicted molar refractivity (Wildman–Crippen MR) is 75.6 cm³/mol. The Bertz CT molecular complexity index is 474. The molecule has 0 bridgehead atoms. The van der Waals surface area contributed by atoms with Gasteiger partial charge in [0.05, 0.1) is 18.4 Å². The van der Waals surface area contributed by atoms with E-state index in [9.17, 15) is 9.59 Å². The fraction of sp³-hybridized carbons (Fsp3) is 0.429. The lowest BCUT2D eigenvalue weighted by atomic mass is 10.2. The smallest absolute Gasteiger partial charge is 0.337 e. The Labute approximate surface area is 118 Å². The number of carbonyl (C=O) groups is 2. The molecule has 0 spiro atoms. The quantitative estimate of drug-likeness (QED) is 0.447. The van der Waals surface area contributed by atoms with Crippen molar-refractivity contribution in [3.05, 3.63) is 23.8 Å². The van der Waals surface area contributed by atoms with Gasteiger partial charge in [-0.2, -0.15) is 0 Å². The van der Waals surface area contributed by atoms with Crippen LogP contribution in [0.15, 0.2) is 18.2 Å². The molecule has 0 aliphatic rings. The molecule has 0 aliphatic carbocycles. The molecular formula is C14H20N2O4. The molecule has 0 radical (unpaired) electrons. The topological polar surface area (TPSA) is 90.6 Å². The zero-order valence-corrected chi connectivity index (χ0v) is 11.8. The lowest BCUT2D eigenvalue weighted by Crippen LogP contribution is -2.29.